The highest BCUT2D eigenvalue weighted by Crippen LogP contribution is 2.39. The molecule has 0 atom stereocenters. The van der Waals surface area contributed by atoms with Crippen molar-refractivity contribution in [1.29, 1.82) is 0 Å². The van der Waals surface area contributed by atoms with Crippen LogP contribution in [0.4, 0.5) is 27.1 Å². The number of nitro groups is 1. The molecule has 30 heavy (non-hydrogen) atoms. The van der Waals surface area contributed by atoms with Crippen molar-refractivity contribution in [2.75, 3.05) is 54.4 Å². The number of nitrogens with zero attached hydrogens (tertiary/aromatic N) is 5. The molecule has 0 unspecified atom stereocenters. The first-order valence-corrected chi connectivity index (χ1v) is 9.63. The van der Waals surface area contributed by atoms with E-state index in [4.69, 9.17) is 9.74 Å². The van der Waals surface area contributed by atoms with Crippen molar-refractivity contribution >= 4 is 33.8 Å². The van der Waals surface area contributed by atoms with Crippen LogP contribution in [-0.4, -0.2) is 59.7 Å². The second-order valence-corrected chi connectivity index (χ2v) is 6.94. The van der Waals surface area contributed by atoms with Crippen molar-refractivity contribution in [3.05, 3.63) is 46.3 Å². The molecule has 2 aromatic carbocycles. The molecule has 1 saturated heterocycles. The highest BCUT2D eigenvalue weighted by Gasteiger charge is 2.29. The van der Waals surface area contributed by atoms with Crippen molar-refractivity contribution in [3.63, 3.8) is 0 Å². The Morgan fingerprint density at radius 3 is 2.47 bits per heavy atom. The second kappa shape index (κ2) is 8.49. The number of benzene rings is 2. The lowest BCUT2D eigenvalue weighted by Crippen LogP contribution is -2.47. The molecular formula is C19H21FN6O4. The lowest BCUT2D eigenvalue weighted by Gasteiger charge is -2.37. The van der Waals surface area contributed by atoms with Gasteiger partial charge in [-0.3, -0.25) is 10.1 Å². The van der Waals surface area contributed by atoms with E-state index >= 15 is 0 Å². The fourth-order valence-electron chi connectivity index (χ4n) is 3.67. The quantitative estimate of drug-likeness (QED) is 0.340. The molecule has 11 heteroatoms. The molecule has 2 heterocycles. The monoisotopic (exact) mass is 416 g/mol. The summed E-state index contributed by atoms with van der Waals surface area (Å²) >= 11 is 0. The molecule has 1 aliphatic rings. The van der Waals surface area contributed by atoms with Crippen molar-refractivity contribution < 1.29 is 19.0 Å². The maximum Gasteiger partial charge on any atom is 0.323 e. The average molecular weight is 416 g/mol. The van der Waals surface area contributed by atoms with Crippen LogP contribution in [0, 0.1) is 15.9 Å². The predicted octanol–water partition coefficient (Wildman–Crippen LogP) is 2.39. The van der Waals surface area contributed by atoms with Crippen molar-refractivity contribution in [3.8, 4) is 0 Å². The maximum absolute atomic E-state index is 14.1. The number of nitro benzene ring substituents is 1. The standard InChI is InChI=1S/C19H21FN6O4/c20-13-4-1-2-5-15(13)24-7-9-25(10-8-24)16-12-14(21-6-3-11-27)19(26(28)29)18-17(16)22-30-23-18/h1-2,4-5,12,21,27H,3,6-11H2. The topological polar surface area (TPSA) is 121 Å². The first-order chi connectivity index (χ1) is 14.6. The van der Waals surface area contributed by atoms with Crippen LogP contribution in [0.1, 0.15) is 6.42 Å². The van der Waals surface area contributed by atoms with Gasteiger partial charge in [0.25, 0.3) is 0 Å². The highest BCUT2D eigenvalue weighted by atomic mass is 19.1. The van der Waals surface area contributed by atoms with E-state index in [1.165, 1.54) is 6.07 Å². The first kappa shape index (κ1) is 19.8. The van der Waals surface area contributed by atoms with Gasteiger partial charge >= 0.3 is 5.69 Å². The van der Waals surface area contributed by atoms with Crippen LogP contribution in [0.15, 0.2) is 35.0 Å². The molecule has 1 fully saturated rings. The van der Waals surface area contributed by atoms with Gasteiger partial charge in [-0.05, 0) is 34.9 Å². The summed E-state index contributed by atoms with van der Waals surface area (Å²) in [6, 6.07) is 8.31. The average Bonchev–Trinajstić information content (AvgIpc) is 3.23. The van der Waals surface area contributed by atoms with E-state index in [1.54, 1.807) is 24.3 Å². The second-order valence-electron chi connectivity index (χ2n) is 6.94. The van der Waals surface area contributed by atoms with Gasteiger partial charge in [-0.1, -0.05) is 12.1 Å². The molecule has 4 rings (SSSR count). The van der Waals surface area contributed by atoms with E-state index in [0.717, 1.165) is 0 Å². The van der Waals surface area contributed by atoms with Crippen molar-refractivity contribution in [2.24, 2.45) is 0 Å². The summed E-state index contributed by atoms with van der Waals surface area (Å²) in [4.78, 5) is 15.1. The van der Waals surface area contributed by atoms with Gasteiger partial charge in [-0.2, -0.15) is 0 Å². The van der Waals surface area contributed by atoms with Crippen LogP contribution in [0.2, 0.25) is 0 Å². The molecule has 10 nitrogen and oxygen atoms in total. The minimum absolute atomic E-state index is 0.0284. The Hall–Kier alpha value is -3.47. The fraction of sp³-hybridized carbons (Fsp3) is 0.368. The number of para-hydroxylation sites is 1. The van der Waals surface area contributed by atoms with E-state index in [9.17, 15) is 14.5 Å². The Labute approximate surface area is 171 Å². The number of halogens is 1. The summed E-state index contributed by atoms with van der Waals surface area (Å²) in [5, 5.41) is 31.3. The van der Waals surface area contributed by atoms with Gasteiger partial charge in [0.1, 0.15) is 11.5 Å². The van der Waals surface area contributed by atoms with Gasteiger partial charge in [0, 0.05) is 39.3 Å². The third-order valence-corrected chi connectivity index (χ3v) is 5.14. The molecule has 1 aromatic heterocycles. The lowest BCUT2D eigenvalue weighted by molar-refractivity contribution is -0.382. The van der Waals surface area contributed by atoms with Crippen molar-refractivity contribution in [2.45, 2.75) is 6.42 Å². The predicted molar refractivity (Wildman–Crippen MR) is 109 cm³/mol. The minimum atomic E-state index is -0.520. The molecule has 0 bridgehead atoms. The van der Waals surface area contributed by atoms with Gasteiger partial charge in [-0.15, -0.1) is 0 Å². The number of aliphatic hydroxyl groups is 1. The Bertz CT molecular complexity index is 1050. The van der Waals surface area contributed by atoms with Gasteiger partial charge in [0.05, 0.1) is 16.3 Å². The fourth-order valence-corrected chi connectivity index (χ4v) is 3.67. The minimum Gasteiger partial charge on any atom is -0.396 e. The summed E-state index contributed by atoms with van der Waals surface area (Å²) < 4.78 is 18.9. The normalized spacial score (nSPS) is 14.3. The van der Waals surface area contributed by atoms with Crippen molar-refractivity contribution in [1.82, 2.24) is 10.3 Å². The number of piperazine rings is 1. The Morgan fingerprint density at radius 2 is 1.80 bits per heavy atom. The number of anilines is 3. The van der Waals surface area contributed by atoms with Gasteiger partial charge in [-0.25, -0.2) is 9.02 Å². The number of aliphatic hydroxyl groups excluding tert-OH is 1. The van der Waals surface area contributed by atoms with Crippen LogP contribution in [0.3, 0.4) is 0 Å². The number of rotatable bonds is 7. The molecule has 158 valence electrons. The van der Waals surface area contributed by atoms with E-state index < -0.39 is 4.92 Å². The molecule has 0 amide bonds. The van der Waals surface area contributed by atoms with E-state index in [2.05, 4.69) is 15.6 Å². The molecule has 0 aliphatic carbocycles. The number of fused-ring (bicyclic) bond motifs is 1. The highest BCUT2D eigenvalue weighted by molar-refractivity contribution is 5.99. The molecule has 0 radical (unpaired) electrons. The Kier molecular flexibility index (Phi) is 5.61. The Morgan fingerprint density at radius 1 is 1.13 bits per heavy atom. The van der Waals surface area contributed by atoms with Crippen LogP contribution in [0.25, 0.3) is 11.0 Å². The zero-order valence-electron chi connectivity index (χ0n) is 16.1. The summed E-state index contributed by atoms with van der Waals surface area (Å²) in [6.07, 6.45) is 0.447. The third-order valence-electron chi connectivity index (χ3n) is 5.14. The lowest BCUT2D eigenvalue weighted by atomic mass is 10.1. The van der Waals surface area contributed by atoms with E-state index in [1.807, 2.05) is 9.80 Å². The van der Waals surface area contributed by atoms with Gasteiger partial charge < -0.3 is 20.2 Å². The zero-order valence-corrected chi connectivity index (χ0v) is 16.1. The van der Waals surface area contributed by atoms with Crippen LogP contribution in [-0.2, 0) is 0 Å². The summed E-state index contributed by atoms with van der Waals surface area (Å²) in [7, 11) is 0. The van der Waals surface area contributed by atoms with Crippen LogP contribution < -0.4 is 15.1 Å². The van der Waals surface area contributed by atoms with Crippen LogP contribution >= 0.6 is 0 Å². The molecule has 3 aromatic rings. The zero-order chi connectivity index (χ0) is 21.1. The smallest absolute Gasteiger partial charge is 0.323 e. The molecule has 2 N–H and O–H groups in total. The SMILES string of the molecule is O=[N+]([O-])c1c(NCCCO)cc(N2CCN(c3ccccc3F)CC2)c2nonc12. The number of aromatic nitrogens is 2. The third kappa shape index (κ3) is 3.71. The number of hydrogen-bond acceptors (Lipinski definition) is 9. The van der Waals surface area contributed by atoms with Gasteiger partial charge in [0.2, 0.25) is 5.52 Å². The molecular weight excluding hydrogens is 395 g/mol. The first-order valence-electron chi connectivity index (χ1n) is 9.63. The molecule has 0 spiro atoms. The van der Waals surface area contributed by atoms with Crippen LogP contribution in [0.5, 0.6) is 0 Å². The molecule has 1 aliphatic heterocycles. The summed E-state index contributed by atoms with van der Waals surface area (Å²) in [6.45, 7) is 2.65. The Balaban J connectivity index is 1.63. The van der Waals surface area contributed by atoms with E-state index in [-0.39, 0.29) is 23.6 Å². The molecule has 0 saturated carbocycles. The summed E-state index contributed by atoms with van der Waals surface area (Å²) in [5.74, 6) is -0.264. The number of hydrogen-bond donors (Lipinski definition) is 2. The number of nitrogens with one attached hydrogen (secondary N) is 1. The summed E-state index contributed by atoms with van der Waals surface area (Å²) in [5.41, 5.74) is 1.69. The maximum atomic E-state index is 14.1. The van der Waals surface area contributed by atoms with Gasteiger partial charge in [0.15, 0.2) is 5.52 Å². The largest absolute Gasteiger partial charge is 0.396 e. The van der Waals surface area contributed by atoms with E-state index in [0.29, 0.717) is 61.7 Å².